The number of aryl methyl sites for hydroxylation is 1. The molecule has 2 rings (SSSR count). The summed E-state index contributed by atoms with van der Waals surface area (Å²) in [5.41, 5.74) is 2.37. The highest BCUT2D eigenvalue weighted by Gasteiger charge is 2.09. The maximum absolute atomic E-state index is 12.2. The van der Waals surface area contributed by atoms with Crippen molar-refractivity contribution in [2.45, 2.75) is 26.2 Å². The van der Waals surface area contributed by atoms with Crippen LogP contribution in [0.3, 0.4) is 0 Å². The van der Waals surface area contributed by atoms with Crippen LogP contribution in [0.4, 0.5) is 5.69 Å². The van der Waals surface area contributed by atoms with Gasteiger partial charge in [0.15, 0.2) is 0 Å². The zero-order valence-electron chi connectivity index (χ0n) is 11.8. The van der Waals surface area contributed by atoms with Gasteiger partial charge in [0.2, 0.25) is 0 Å². The first-order valence-corrected chi connectivity index (χ1v) is 7.71. The van der Waals surface area contributed by atoms with E-state index in [1.807, 2.05) is 24.3 Å². The average molecular weight is 322 g/mol. The fourth-order valence-electron chi connectivity index (χ4n) is 1.99. The van der Waals surface area contributed by atoms with E-state index in [4.69, 9.17) is 23.2 Å². The molecule has 2 aromatic rings. The Bertz CT molecular complexity index is 623. The van der Waals surface area contributed by atoms with Crippen molar-refractivity contribution in [3.63, 3.8) is 0 Å². The molecule has 1 amide bonds. The number of benzene rings is 2. The Morgan fingerprint density at radius 1 is 1.10 bits per heavy atom. The molecular weight excluding hydrogens is 305 g/mol. The van der Waals surface area contributed by atoms with Gasteiger partial charge < -0.3 is 5.32 Å². The smallest absolute Gasteiger partial charge is 0.255 e. The third-order valence-corrected chi connectivity index (χ3v) is 3.78. The highest BCUT2D eigenvalue weighted by Crippen LogP contribution is 2.25. The lowest BCUT2D eigenvalue weighted by Crippen LogP contribution is -2.12. The summed E-state index contributed by atoms with van der Waals surface area (Å²) < 4.78 is 0. The Kier molecular flexibility index (Phi) is 5.66. The molecule has 0 spiro atoms. The summed E-state index contributed by atoms with van der Waals surface area (Å²) in [5, 5.41) is 3.77. The van der Waals surface area contributed by atoms with Crippen molar-refractivity contribution < 1.29 is 4.79 Å². The molecular formula is C17H17Cl2NO. The molecule has 2 aromatic carbocycles. The van der Waals surface area contributed by atoms with Crippen molar-refractivity contribution in [3.8, 4) is 0 Å². The molecule has 0 unspecified atom stereocenters. The first-order valence-electron chi connectivity index (χ1n) is 6.95. The molecule has 0 fully saturated rings. The van der Waals surface area contributed by atoms with Crippen LogP contribution < -0.4 is 5.32 Å². The van der Waals surface area contributed by atoms with Gasteiger partial charge in [-0.05, 0) is 48.7 Å². The van der Waals surface area contributed by atoms with E-state index in [1.165, 1.54) is 5.56 Å². The van der Waals surface area contributed by atoms with E-state index in [-0.39, 0.29) is 5.91 Å². The molecule has 0 bridgehead atoms. The largest absolute Gasteiger partial charge is 0.321 e. The predicted molar refractivity (Wildman–Crippen MR) is 89.5 cm³/mol. The molecule has 0 heterocycles. The number of amides is 1. The third kappa shape index (κ3) is 4.48. The zero-order valence-corrected chi connectivity index (χ0v) is 13.3. The molecule has 0 aromatic heterocycles. The molecule has 0 saturated carbocycles. The summed E-state index contributed by atoms with van der Waals surface area (Å²) in [6, 6.07) is 12.6. The maximum Gasteiger partial charge on any atom is 0.255 e. The monoisotopic (exact) mass is 321 g/mol. The van der Waals surface area contributed by atoms with Gasteiger partial charge in [-0.2, -0.15) is 0 Å². The topological polar surface area (TPSA) is 29.1 Å². The van der Waals surface area contributed by atoms with E-state index in [0.29, 0.717) is 21.3 Å². The number of carbonyl (C=O) groups excluding carboxylic acids is 1. The van der Waals surface area contributed by atoms with E-state index in [0.717, 1.165) is 19.3 Å². The minimum atomic E-state index is -0.193. The summed E-state index contributed by atoms with van der Waals surface area (Å²) in [7, 11) is 0. The van der Waals surface area contributed by atoms with Crippen molar-refractivity contribution in [1.82, 2.24) is 0 Å². The number of nitrogens with one attached hydrogen (secondary N) is 1. The number of carbonyl (C=O) groups is 1. The Morgan fingerprint density at radius 2 is 1.81 bits per heavy atom. The molecule has 4 heteroatoms. The summed E-state index contributed by atoms with van der Waals surface area (Å²) in [6.07, 6.45) is 3.36. The van der Waals surface area contributed by atoms with Gasteiger partial charge >= 0.3 is 0 Å². The van der Waals surface area contributed by atoms with Crippen molar-refractivity contribution in [1.29, 1.82) is 0 Å². The highest BCUT2D eigenvalue weighted by atomic mass is 35.5. The normalized spacial score (nSPS) is 10.4. The van der Waals surface area contributed by atoms with Crippen LogP contribution in [0.5, 0.6) is 0 Å². The van der Waals surface area contributed by atoms with E-state index in [1.54, 1.807) is 18.2 Å². The Balaban J connectivity index is 2.07. The van der Waals surface area contributed by atoms with Gasteiger partial charge in [-0.15, -0.1) is 0 Å². The molecule has 0 aliphatic heterocycles. The number of hydrogen-bond donors (Lipinski definition) is 1. The maximum atomic E-state index is 12.2. The van der Waals surface area contributed by atoms with Crippen LogP contribution in [0, 0.1) is 0 Å². The van der Waals surface area contributed by atoms with E-state index in [2.05, 4.69) is 12.2 Å². The van der Waals surface area contributed by atoms with Gasteiger partial charge in [-0.3, -0.25) is 4.79 Å². The molecule has 21 heavy (non-hydrogen) atoms. The van der Waals surface area contributed by atoms with E-state index >= 15 is 0 Å². The van der Waals surface area contributed by atoms with Gasteiger partial charge in [-0.1, -0.05) is 48.7 Å². The minimum absolute atomic E-state index is 0.193. The van der Waals surface area contributed by atoms with Crippen LogP contribution in [0.1, 0.15) is 35.7 Å². The zero-order chi connectivity index (χ0) is 15.2. The van der Waals surface area contributed by atoms with Gasteiger partial charge in [0.05, 0.1) is 10.7 Å². The quantitative estimate of drug-likeness (QED) is 0.764. The van der Waals surface area contributed by atoms with E-state index < -0.39 is 0 Å². The van der Waals surface area contributed by atoms with Gasteiger partial charge in [0, 0.05) is 10.6 Å². The van der Waals surface area contributed by atoms with Gasteiger partial charge in [0.25, 0.3) is 5.91 Å². The molecule has 0 radical (unpaired) electrons. The molecule has 2 nitrogen and oxygen atoms in total. The molecule has 0 aliphatic rings. The van der Waals surface area contributed by atoms with Crippen molar-refractivity contribution >= 4 is 34.8 Å². The molecule has 1 N–H and O–H groups in total. The van der Waals surface area contributed by atoms with Crippen molar-refractivity contribution in [2.24, 2.45) is 0 Å². The Hall–Kier alpha value is -1.51. The average Bonchev–Trinajstić information content (AvgIpc) is 2.49. The molecule has 0 atom stereocenters. The number of halogens is 2. The van der Waals surface area contributed by atoms with Crippen LogP contribution in [0.25, 0.3) is 0 Å². The molecule has 0 aliphatic carbocycles. The second-order valence-electron chi connectivity index (χ2n) is 4.88. The van der Waals surface area contributed by atoms with E-state index in [9.17, 15) is 4.79 Å². The van der Waals surface area contributed by atoms with Gasteiger partial charge in [-0.25, -0.2) is 0 Å². The third-order valence-electron chi connectivity index (χ3n) is 3.21. The van der Waals surface area contributed by atoms with Crippen LogP contribution in [-0.4, -0.2) is 5.91 Å². The number of rotatable bonds is 5. The lowest BCUT2D eigenvalue weighted by Gasteiger charge is -2.08. The predicted octanol–water partition coefficient (Wildman–Crippen LogP) is 5.59. The first kappa shape index (κ1) is 15.9. The highest BCUT2D eigenvalue weighted by molar-refractivity contribution is 6.35. The number of anilines is 1. The van der Waals surface area contributed by atoms with Crippen molar-refractivity contribution in [2.75, 3.05) is 5.32 Å². The standard InChI is InChI=1S/C17H17Cl2NO/c1-2-3-4-12-5-7-13(8-6-12)17(21)20-16-11-14(18)9-10-15(16)19/h5-11H,2-4H2,1H3,(H,20,21). The SMILES string of the molecule is CCCCc1ccc(C(=O)Nc2cc(Cl)ccc2Cl)cc1. The summed E-state index contributed by atoms with van der Waals surface area (Å²) >= 11 is 11.9. The van der Waals surface area contributed by atoms with Gasteiger partial charge in [0.1, 0.15) is 0 Å². The summed E-state index contributed by atoms with van der Waals surface area (Å²) in [6.45, 7) is 2.16. The Morgan fingerprint density at radius 3 is 2.48 bits per heavy atom. The number of unbranched alkanes of at least 4 members (excludes halogenated alkanes) is 1. The van der Waals surface area contributed by atoms with Crippen molar-refractivity contribution in [3.05, 3.63) is 63.6 Å². The fraction of sp³-hybridized carbons (Fsp3) is 0.235. The Labute approximate surface area is 135 Å². The summed E-state index contributed by atoms with van der Waals surface area (Å²) in [5.74, 6) is -0.193. The van der Waals surface area contributed by atoms with Crippen LogP contribution in [0.15, 0.2) is 42.5 Å². The molecule has 110 valence electrons. The van der Waals surface area contributed by atoms with Crippen LogP contribution in [0.2, 0.25) is 10.0 Å². The minimum Gasteiger partial charge on any atom is -0.321 e. The number of hydrogen-bond acceptors (Lipinski definition) is 1. The second-order valence-corrected chi connectivity index (χ2v) is 5.72. The second kappa shape index (κ2) is 7.48. The lowest BCUT2D eigenvalue weighted by atomic mass is 10.1. The lowest BCUT2D eigenvalue weighted by molar-refractivity contribution is 0.102. The summed E-state index contributed by atoms with van der Waals surface area (Å²) in [4.78, 5) is 12.2. The molecule has 0 saturated heterocycles. The fourth-order valence-corrected chi connectivity index (χ4v) is 2.33. The van der Waals surface area contributed by atoms with Crippen LogP contribution in [-0.2, 0) is 6.42 Å². The van der Waals surface area contributed by atoms with Crippen LogP contribution >= 0.6 is 23.2 Å². The first-order chi connectivity index (χ1) is 10.1.